The maximum Gasteiger partial charge on any atom is 0.324 e. The molecule has 1 unspecified atom stereocenters. The van der Waals surface area contributed by atoms with Crippen LogP contribution in [0.5, 0.6) is 0 Å². The molecule has 0 bridgehead atoms. The highest BCUT2D eigenvalue weighted by atomic mass is 32.1. The van der Waals surface area contributed by atoms with E-state index < -0.39 is 6.04 Å². The van der Waals surface area contributed by atoms with Crippen LogP contribution in [0.2, 0.25) is 0 Å². The van der Waals surface area contributed by atoms with Crippen LogP contribution in [0.3, 0.4) is 0 Å². The van der Waals surface area contributed by atoms with Crippen LogP contribution in [0.4, 0.5) is 4.79 Å². The van der Waals surface area contributed by atoms with Gasteiger partial charge in [0, 0.05) is 13.1 Å². The molecule has 19 heavy (non-hydrogen) atoms. The summed E-state index contributed by atoms with van der Waals surface area (Å²) in [5.41, 5.74) is 0.948. The highest BCUT2D eigenvalue weighted by Crippen LogP contribution is 2.21. The fraction of sp³-hybridized carbons (Fsp3) is 0.417. The summed E-state index contributed by atoms with van der Waals surface area (Å²) in [4.78, 5) is 39.3. The van der Waals surface area contributed by atoms with Gasteiger partial charge >= 0.3 is 6.03 Å². The molecule has 2 aliphatic heterocycles. The normalized spacial score (nSPS) is 22.5. The lowest BCUT2D eigenvalue weighted by atomic mass is 10.1. The zero-order chi connectivity index (χ0) is 13.6. The van der Waals surface area contributed by atoms with Crippen molar-refractivity contribution in [1.82, 2.24) is 15.1 Å². The van der Waals surface area contributed by atoms with Crippen LogP contribution in [-0.4, -0.2) is 53.3 Å². The highest BCUT2D eigenvalue weighted by Gasteiger charge is 2.43. The Morgan fingerprint density at radius 1 is 1.42 bits per heavy atom. The minimum atomic E-state index is -0.537. The number of piperazine rings is 1. The van der Waals surface area contributed by atoms with Gasteiger partial charge in [0.2, 0.25) is 0 Å². The van der Waals surface area contributed by atoms with E-state index in [0.29, 0.717) is 18.0 Å². The van der Waals surface area contributed by atoms with E-state index in [1.54, 1.807) is 4.90 Å². The Morgan fingerprint density at radius 3 is 2.89 bits per heavy atom. The molecule has 0 radical (unpaired) electrons. The number of nitrogens with one attached hydrogen (secondary N) is 1. The lowest BCUT2D eigenvalue weighted by Crippen LogP contribution is -2.54. The molecule has 100 valence electrons. The Bertz CT molecular complexity index is 568. The molecule has 1 aromatic heterocycles. The van der Waals surface area contributed by atoms with Crippen LogP contribution in [0.15, 0.2) is 11.4 Å². The first-order valence-electron chi connectivity index (χ1n) is 6.03. The van der Waals surface area contributed by atoms with E-state index in [1.165, 1.54) is 16.2 Å². The topological polar surface area (TPSA) is 69.7 Å². The summed E-state index contributed by atoms with van der Waals surface area (Å²) in [7, 11) is 0. The maximum absolute atomic E-state index is 12.4. The fourth-order valence-corrected chi connectivity index (χ4v) is 3.32. The van der Waals surface area contributed by atoms with Gasteiger partial charge in [0.05, 0.1) is 11.4 Å². The minimum absolute atomic E-state index is 0.0562. The molecule has 2 aliphatic rings. The van der Waals surface area contributed by atoms with E-state index in [0.717, 1.165) is 5.56 Å². The summed E-state index contributed by atoms with van der Waals surface area (Å²) < 4.78 is 0. The van der Waals surface area contributed by atoms with Gasteiger partial charge in [0.15, 0.2) is 0 Å². The van der Waals surface area contributed by atoms with Gasteiger partial charge in [-0.2, -0.15) is 0 Å². The van der Waals surface area contributed by atoms with Gasteiger partial charge in [0.1, 0.15) is 6.04 Å². The molecule has 6 nitrogen and oxygen atoms in total. The van der Waals surface area contributed by atoms with Gasteiger partial charge < -0.3 is 9.80 Å². The van der Waals surface area contributed by atoms with Crippen molar-refractivity contribution in [3.8, 4) is 0 Å². The lowest BCUT2D eigenvalue weighted by Gasteiger charge is -2.35. The molecule has 1 atom stereocenters. The van der Waals surface area contributed by atoms with Crippen molar-refractivity contribution in [3.05, 3.63) is 21.9 Å². The van der Waals surface area contributed by atoms with E-state index in [9.17, 15) is 14.4 Å². The second-order valence-corrected chi connectivity index (χ2v) is 5.60. The minimum Gasteiger partial charge on any atom is -0.334 e. The number of hydrogen-bond acceptors (Lipinski definition) is 4. The molecular weight excluding hydrogens is 266 g/mol. The third kappa shape index (κ3) is 1.90. The molecule has 2 saturated heterocycles. The van der Waals surface area contributed by atoms with Gasteiger partial charge in [-0.3, -0.25) is 14.9 Å². The van der Waals surface area contributed by atoms with Crippen molar-refractivity contribution in [3.63, 3.8) is 0 Å². The number of hydrogen-bond donors (Lipinski definition) is 1. The van der Waals surface area contributed by atoms with Crippen LogP contribution in [-0.2, 0) is 4.79 Å². The molecule has 0 aliphatic carbocycles. The number of imide groups is 1. The van der Waals surface area contributed by atoms with E-state index in [-0.39, 0.29) is 24.4 Å². The summed E-state index contributed by atoms with van der Waals surface area (Å²) in [6, 6.07) is 1.01. The van der Waals surface area contributed by atoms with Gasteiger partial charge in [-0.05, 0) is 23.9 Å². The van der Waals surface area contributed by atoms with Crippen molar-refractivity contribution >= 4 is 29.2 Å². The Labute approximate surface area is 114 Å². The fourth-order valence-electron chi connectivity index (χ4n) is 2.43. The molecule has 3 rings (SSSR count). The predicted octanol–water partition coefficient (Wildman–Crippen LogP) is 0.433. The second-order valence-electron chi connectivity index (χ2n) is 4.69. The van der Waals surface area contributed by atoms with E-state index in [4.69, 9.17) is 0 Å². The van der Waals surface area contributed by atoms with Gasteiger partial charge in [0.25, 0.3) is 11.8 Å². The Balaban J connectivity index is 1.78. The zero-order valence-corrected chi connectivity index (χ0v) is 11.2. The Morgan fingerprint density at radius 2 is 2.21 bits per heavy atom. The van der Waals surface area contributed by atoms with E-state index in [2.05, 4.69) is 5.32 Å². The third-order valence-corrected chi connectivity index (χ3v) is 4.52. The number of fused-ring (bicyclic) bond motifs is 1. The summed E-state index contributed by atoms with van der Waals surface area (Å²) in [5.74, 6) is -0.371. The van der Waals surface area contributed by atoms with Gasteiger partial charge in [-0.15, -0.1) is 11.3 Å². The second kappa shape index (κ2) is 4.34. The van der Waals surface area contributed by atoms with Crippen molar-refractivity contribution in [2.45, 2.75) is 13.0 Å². The number of aryl methyl sites for hydroxylation is 1. The first-order chi connectivity index (χ1) is 9.08. The van der Waals surface area contributed by atoms with Crippen LogP contribution >= 0.6 is 11.3 Å². The standard InChI is InChI=1S/C12H13N3O3S/c1-7-2-5-19-9(7)11(17)14-3-4-15-8(6-14)10(16)13-12(15)18/h2,5,8H,3-4,6H2,1H3,(H,13,16,18). The van der Waals surface area contributed by atoms with Crippen molar-refractivity contribution in [2.24, 2.45) is 0 Å². The van der Waals surface area contributed by atoms with Crippen LogP contribution in [0.25, 0.3) is 0 Å². The smallest absolute Gasteiger partial charge is 0.324 e. The molecule has 1 N–H and O–H groups in total. The maximum atomic E-state index is 12.4. The number of carbonyl (C=O) groups is 3. The lowest BCUT2D eigenvalue weighted by molar-refractivity contribution is -0.122. The quantitative estimate of drug-likeness (QED) is 0.758. The molecule has 1 aromatic rings. The SMILES string of the molecule is Cc1ccsc1C(=O)N1CCN2C(=O)NC(=O)C2C1. The monoisotopic (exact) mass is 279 g/mol. The summed E-state index contributed by atoms with van der Waals surface area (Å²) in [6.45, 7) is 3.03. The van der Waals surface area contributed by atoms with Crippen LogP contribution in [0.1, 0.15) is 15.2 Å². The molecule has 0 spiro atoms. The van der Waals surface area contributed by atoms with Crippen LogP contribution < -0.4 is 5.32 Å². The van der Waals surface area contributed by atoms with Gasteiger partial charge in [-0.1, -0.05) is 0 Å². The van der Waals surface area contributed by atoms with Crippen molar-refractivity contribution < 1.29 is 14.4 Å². The zero-order valence-electron chi connectivity index (χ0n) is 10.4. The summed E-state index contributed by atoms with van der Waals surface area (Å²) >= 11 is 1.41. The van der Waals surface area contributed by atoms with E-state index >= 15 is 0 Å². The largest absolute Gasteiger partial charge is 0.334 e. The average molecular weight is 279 g/mol. The molecule has 0 aromatic carbocycles. The number of amides is 4. The summed E-state index contributed by atoms with van der Waals surface area (Å²) in [5, 5.41) is 4.16. The number of rotatable bonds is 1. The average Bonchev–Trinajstić information content (AvgIpc) is 2.94. The Hall–Kier alpha value is -1.89. The van der Waals surface area contributed by atoms with Gasteiger partial charge in [-0.25, -0.2) is 4.79 Å². The number of carbonyl (C=O) groups excluding carboxylic acids is 3. The highest BCUT2D eigenvalue weighted by molar-refractivity contribution is 7.12. The number of thiophene rings is 1. The third-order valence-electron chi connectivity index (χ3n) is 3.52. The number of nitrogens with zero attached hydrogens (tertiary/aromatic N) is 2. The first kappa shape index (κ1) is 12.2. The first-order valence-corrected chi connectivity index (χ1v) is 6.90. The molecule has 0 saturated carbocycles. The predicted molar refractivity (Wildman–Crippen MR) is 69.0 cm³/mol. The molecular formula is C12H13N3O3S. The number of urea groups is 1. The molecule has 3 heterocycles. The molecule has 4 amide bonds. The molecule has 2 fully saturated rings. The Kier molecular flexibility index (Phi) is 2.78. The van der Waals surface area contributed by atoms with Crippen molar-refractivity contribution in [2.75, 3.05) is 19.6 Å². The van der Waals surface area contributed by atoms with Crippen LogP contribution in [0, 0.1) is 6.92 Å². The summed E-state index contributed by atoms with van der Waals surface area (Å²) in [6.07, 6.45) is 0. The molecule has 7 heteroatoms. The van der Waals surface area contributed by atoms with Crippen molar-refractivity contribution in [1.29, 1.82) is 0 Å². The van der Waals surface area contributed by atoms with E-state index in [1.807, 2.05) is 18.4 Å².